The summed E-state index contributed by atoms with van der Waals surface area (Å²) < 4.78 is 0.897. The molecule has 3 nitrogen and oxygen atoms in total. The van der Waals surface area contributed by atoms with Crippen molar-refractivity contribution in [2.45, 2.75) is 6.04 Å². The van der Waals surface area contributed by atoms with Crippen LogP contribution < -0.4 is 5.32 Å². The number of halogens is 1. The molecule has 0 spiro atoms. The lowest BCUT2D eigenvalue weighted by Crippen LogP contribution is -2.34. The Morgan fingerprint density at radius 3 is 1.88 bits per heavy atom. The minimum atomic E-state index is -0.741. The first-order valence-corrected chi connectivity index (χ1v) is 8.65. The SMILES string of the molecule is O=C(N[C@H](C(=O)c1ccc(Br)cc1)c1ccccc1)c1ccccc1. The fourth-order valence-electron chi connectivity index (χ4n) is 2.53. The fourth-order valence-corrected chi connectivity index (χ4v) is 2.79. The topological polar surface area (TPSA) is 46.2 Å². The Morgan fingerprint density at radius 1 is 0.720 bits per heavy atom. The number of hydrogen-bond donors (Lipinski definition) is 1. The van der Waals surface area contributed by atoms with Gasteiger partial charge in [0.1, 0.15) is 6.04 Å². The van der Waals surface area contributed by atoms with Crippen LogP contribution in [0.25, 0.3) is 0 Å². The van der Waals surface area contributed by atoms with Crippen molar-refractivity contribution in [1.82, 2.24) is 5.32 Å². The number of hydrogen-bond acceptors (Lipinski definition) is 2. The van der Waals surface area contributed by atoms with E-state index in [1.165, 1.54) is 0 Å². The van der Waals surface area contributed by atoms with E-state index in [1.807, 2.05) is 48.5 Å². The van der Waals surface area contributed by atoms with Crippen LogP contribution in [0.3, 0.4) is 0 Å². The average Bonchev–Trinajstić information content (AvgIpc) is 2.67. The van der Waals surface area contributed by atoms with Crippen LogP contribution in [0.5, 0.6) is 0 Å². The molecule has 1 atom stereocenters. The summed E-state index contributed by atoms with van der Waals surface area (Å²) in [5.41, 5.74) is 1.82. The molecule has 3 aromatic rings. The van der Waals surface area contributed by atoms with Gasteiger partial charge in [0.05, 0.1) is 0 Å². The van der Waals surface area contributed by atoms with Gasteiger partial charge < -0.3 is 5.32 Å². The van der Waals surface area contributed by atoms with Crippen molar-refractivity contribution in [3.05, 3.63) is 106 Å². The van der Waals surface area contributed by atoms with Crippen LogP contribution in [0.4, 0.5) is 0 Å². The lowest BCUT2D eigenvalue weighted by atomic mass is 9.97. The maximum atomic E-state index is 13.0. The average molecular weight is 394 g/mol. The molecule has 0 unspecified atom stereocenters. The predicted octanol–water partition coefficient (Wildman–Crippen LogP) is 4.80. The maximum Gasteiger partial charge on any atom is 0.252 e. The molecular weight excluding hydrogens is 378 g/mol. The summed E-state index contributed by atoms with van der Waals surface area (Å²) in [6.07, 6.45) is 0. The largest absolute Gasteiger partial charge is 0.338 e. The summed E-state index contributed by atoms with van der Waals surface area (Å²) in [6, 6.07) is 24.5. The van der Waals surface area contributed by atoms with E-state index in [4.69, 9.17) is 0 Å². The molecule has 1 N–H and O–H groups in total. The highest BCUT2D eigenvalue weighted by Crippen LogP contribution is 2.21. The summed E-state index contributed by atoms with van der Waals surface area (Å²) in [4.78, 5) is 25.5. The van der Waals surface area contributed by atoms with Crippen LogP contribution in [0.1, 0.15) is 32.3 Å². The predicted molar refractivity (Wildman–Crippen MR) is 102 cm³/mol. The number of amides is 1. The highest BCUT2D eigenvalue weighted by Gasteiger charge is 2.24. The van der Waals surface area contributed by atoms with E-state index >= 15 is 0 Å². The van der Waals surface area contributed by atoms with Crippen molar-refractivity contribution in [2.75, 3.05) is 0 Å². The first kappa shape index (κ1) is 17.1. The summed E-state index contributed by atoms with van der Waals surface area (Å²) in [6.45, 7) is 0. The highest BCUT2D eigenvalue weighted by atomic mass is 79.9. The Hall–Kier alpha value is -2.72. The lowest BCUT2D eigenvalue weighted by Gasteiger charge is -2.18. The van der Waals surface area contributed by atoms with Gasteiger partial charge in [-0.25, -0.2) is 0 Å². The van der Waals surface area contributed by atoms with Crippen LogP contribution in [-0.2, 0) is 0 Å². The normalized spacial score (nSPS) is 11.6. The molecule has 3 rings (SSSR count). The summed E-state index contributed by atoms with van der Waals surface area (Å²) >= 11 is 3.37. The Labute approximate surface area is 154 Å². The van der Waals surface area contributed by atoms with Crippen LogP contribution in [0, 0.1) is 0 Å². The quantitative estimate of drug-likeness (QED) is 0.632. The van der Waals surface area contributed by atoms with E-state index in [9.17, 15) is 9.59 Å². The van der Waals surface area contributed by atoms with Crippen molar-refractivity contribution < 1.29 is 9.59 Å². The van der Waals surface area contributed by atoms with Crippen LogP contribution >= 0.6 is 15.9 Å². The van der Waals surface area contributed by atoms with E-state index in [0.29, 0.717) is 11.1 Å². The molecule has 25 heavy (non-hydrogen) atoms. The molecule has 0 saturated heterocycles. The molecular formula is C21H16BrNO2. The van der Waals surface area contributed by atoms with Gasteiger partial charge in [-0.1, -0.05) is 76.6 Å². The third-order valence-corrected chi connectivity index (χ3v) is 4.36. The number of ketones is 1. The standard InChI is InChI=1S/C21H16BrNO2/c22-18-13-11-16(12-14-18)20(24)19(15-7-3-1-4-8-15)23-21(25)17-9-5-2-6-10-17/h1-14,19H,(H,23,25)/t19-/m0/s1. The van der Waals surface area contributed by atoms with E-state index in [1.54, 1.807) is 36.4 Å². The molecule has 4 heteroatoms. The molecule has 0 aliphatic carbocycles. The van der Waals surface area contributed by atoms with Crippen LogP contribution in [-0.4, -0.2) is 11.7 Å². The Kier molecular flexibility index (Phi) is 5.41. The number of benzene rings is 3. The van der Waals surface area contributed by atoms with Crippen molar-refractivity contribution in [1.29, 1.82) is 0 Å². The number of carbonyl (C=O) groups excluding carboxylic acids is 2. The van der Waals surface area contributed by atoms with Gasteiger partial charge in [0.2, 0.25) is 0 Å². The van der Waals surface area contributed by atoms with Gasteiger partial charge in [-0.3, -0.25) is 9.59 Å². The minimum absolute atomic E-state index is 0.150. The third kappa shape index (κ3) is 4.22. The summed E-state index contributed by atoms with van der Waals surface area (Å²) in [7, 11) is 0. The van der Waals surface area contributed by atoms with Gasteiger partial charge in [-0.15, -0.1) is 0 Å². The second-order valence-corrected chi connectivity index (χ2v) is 6.47. The van der Waals surface area contributed by atoms with Gasteiger partial charge >= 0.3 is 0 Å². The number of rotatable bonds is 5. The third-order valence-electron chi connectivity index (χ3n) is 3.84. The van der Waals surface area contributed by atoms with Crippen molar-refractivity contribution >= 4 is 27.6 Å². The zero-order valence-corrected chi connectivity index (χ0v) is 14.9. The molecule has 0 saturated carbocycles. The summed E-state index contributed by atoms with van der Waals surface area (Å²) in [5.74, 6) is -0.428. The van der Waals surface area contributed by atoms with Gasteiger partial charge in [0.15, 0.2) is 5.78 Å². The fraction of sp³-hybridized carbons (Fsp3) is 0.0476. The van der Waals surface area contributed by atoms with E-state index in [0.717, 1.165) is 10.0 Å². The molecule has 3 aromatic carbocycles. The Morgan fingerprint density at radius 2 is 1.28 bits per heavy atom. The molecule has 0 bridgehead atoms. The Balaban J connectivity index is 1.91. The van der Waals surface area contributed by atoms with E-state index in [-0.39, 0.29) is 11.7 Å². The zero-order valence-electron chi connectivity index (χ0n) is 13.4. The molecule has 0 radical (unpaired) electrons. The molecule has 0 aromatic heterocycles. The molecule has 0 fully saturated rings. The van der Waals surface area contributed by atoms with Gasteiger partial charge in [0.25, 0.3) is 5.91 Å². The first-order valence-electron chi connectivity index (χ1n) is 7.86. The minimum Gasteiger partial charge on any atom is -0.338 e. The number of carbonyl (C=O) groups is 2. The highest BCUT2D eigenvalue weighted by molar-refractivity contribution is 9.10. The molecule has 0 aliphatic heterocycles. The Bertz CT molecular complexity index is 861. The second-order valence-electron chi connectivity index (χ2n) is 5.55. The van der Waals surface area contributed by atoms with E-state index < -0.39 is 6.04 Å². The monoisotopic (exact) mass is 393 g/mol. The molecule has 0 aliphatic rings. The van der Waals surface area contributed by atoms with Crippen LogP contribution in [0.15, 0.2) is 89.4 Å². The lowest BCUT2D eigenvalue weighted by molar-refractivity contribution is 0.0857. The first-order chi connectivity index (χ1) is 12.1. The van der Waals surface area contributed by atoms with E-state index in [2.05, 4.69) is 21.2 Å². The van der Waals surface area contributed by atoms with Gasteiger partial charge in [0, 0.05) is 15.6 Å². The van der Waals surface area contributed by atoms with Gasteiger partial charge in [-0.05, 0) is 29.8 Å². The van der Waals surface area contributed by atoms with Crippen LogP contribution in [0.2, 0.25) is 0 Å². The summed E-state index contributed by atoms with van der Waals surface area (Å²) in [5, 5.41) is 2.86. The zero-order chi connectivity index (χ0) is 17.6. The van der Waals surface area contributed by atoms with Crippen molar-refractivity contribution in [3.63, 3.8) is 0 Å². The van der Waals surface area contributed by atoms with Crippen molar-refractivity contribution in [2.24, 2.45) is 0 Å². The number of Topliss-reactive ketones (excluding diaryl/α,β-unsaturated/α-hetero) is 1. The smallest absolute Gasteiger partial charge is 0.252 e. The maximum absolute atomic E-state index is 13.0. The molecule has 0 heterocycles. The second kappa shape index (κ2) is 7.90. The number of nitrogens with one attached hydrogen (secondary N) is 1. The molecule has 1 amide bonds. The van der Waals surface area contributed by atoms with Crippen molar-refractivity contribution in [3.8, 4) is 0 Å². The molecule has 124 valence electrons. The van der Waals surface area contributed by atoms with Gasteiger partial charge in [-0.2, -0.15) is 0 Å².